The largest absolute Gasteiger partial charge is 0.542 e. The third-order valence-corrected chi connectivity index (χ3v) is 12.6. The Morgan fingerprint density at radius 1 is 0.787 bits per heavy atom. The van der Waals surface area contributed by atoms with Crippen LogP contribution in [0.4, 0.5) is 13.2 Å². The van der Waals surface area contributed by atoms with Gasteiger partial charge in [0.1, 0.15) is 47.4 Å². The average molecular weight is 1050 g/mol. The van der Waals surface area contributed by atoms with Gasteiger partial charge >= 0.3 is 12.1 Å². The molecule has 406 valence electrons. The molecular weight excluding hydrogens is 982 g/mol. The van der Waals surface area contributed by atoms with E-state index in [1.54, 1.807) is 6.07 Å². The number of unbranched alkanes of at least 4 members (excludes halogenated alkanes) is 7. The Labute approximate surface area is 432 Å². The van der Waals surface area contributed by atoms with E-state index in [0.717, 1.165) is 28.9 Å². The number of quaternary nitrogens is 1. The van der Waals surface area contributed by atoms with Crippen LogP contribution in [0, 0.1) is 0 Å². The summed E-state index contributed by atoms with van der Waals surface area (Å²) in [4.78, 5) is 90.6. The molecule has 11 N–H and O–H groups in total. The lowest BCUT2D eigenvalue weighted by molar-refractivity contribution is -0.368. The zero-order chi connectivity index (χ0) is 55.4. The third-order valence-electron chi connectivity index (χ3n) is 12.6. The molecule has 0 aliphatic carbocycles. The van der Waals surface area contributed by atoms with E-state index in [1.165, 1.54) is 107 Å². The number of carboxylic acid groups (broad SMARTS) is 2. The van der Waals surface area contributed by atoms with Crippen LogP contribution in [0.5, 0.6) is 17.2 Å². The van der Waals surface area contributed by atoms with Gasteiger partial charge in [-0.05, 0) is 103 Å². The third kappa shape index (κ3) is 18.0. The molecule has 1 aliphatic heterocycles. The molecule has 0 unspecified atom stereocenters. The Morgan fingerprint density at radius 2 is 1.40 bits per heavy atom. The summed E-state index contributed by atoms with van der Waals surface area (Å²) in [6.07, 6.45) is 5.43. The van der Waals surface area contributed by atoms with E-state index >= 15 is 0 Å². The van der Waals surface area contributed by atoms with Crippen LogP contribution in [0.25, 0.3) is 22.3 Å². The van der Waals surface area contributed by atoms with E-state index in [9.17, 15) is 62.4 Å². The average Bonchev–Trinajstić information content (AvgIpc) is 3.36. The summed E-state index contributed by atoms with van der Waals surface area (Å²) in [6.45, 7) is 4.02. The maximum Gasteiger partial charge on any atom is 0.430 e. The van der Waals surface area contributed by atoms with Crippen LogP contribution in [0.2, 0.25) is 0 Å². The first-order valence-electron chi connectivity index (χ1n) is 24.9. The van der Waals surface area contributed by atoms with Gasteiger partial charge in [0.25, 0.3) is 5.91 Å². The summed E-state index contributed by atoms with van der Waals surface area (Å²) in [6, 6.07) is 16.2. The van der Waals surface area contributed by atoms with Crippen molar-refractivity contribution in [1.82, 2.24) is 26.2 Å². The molecule has 4 aromatic carbocycles. The van der Waals surface area contributed by atoms with Gasteiger partial charge in [0.15, 0.2) is 0 Å². The standard InChI is InChI=1S/C52H66N6O10.C2HF3O2/c1-4-5-6-7-8-9-10-13-33-15-18-35(19-16-33)36-20-22-38(45(61)31-36)49(64)54-27-25-46(62)56-41(14-11-12-26-53)51(66)58(3)47-37-21-24-44(60)40(30-37)39-28-34(17-23-43(39)59)29-42(52(67)68)57-48(63)32(2)55-50(47)65;3-2(4,5)1(6)7/h15-24,28,30-32,41-42,47,59-61H,4-14,25-27,29,53H2,1-3H3,(H,54,64)(H,55,65)(H,56,62)(H,57,63)(H,67,68);(H,6,7)/t32-,41-,42-,47-;/m0./s1. The number of carbonyl (C=O) groups is 7. The normalized spacial score (nSPS) is 15.9. The SMILES string of the molecule is CCCCCCCCCc1ccc(-c2ccc(C(=O)NCCC(=O)N[C@@H](CCCC[NH3+])C(=O)N(C)[C@@H]3C(=O)N[C@@H](C)C(=O)N[C@H](C(=O)O)Cc4ccc(O)c(c4)-c4cc3ccc4O)c(O)c2)cc1.O=C([O-])C(F)(F)F. The Morgan fingerprint density at radius 3 is 2.01 bits per heavy atom. The van der Waals surface area contributed by atoms with Crippen molar-refractivity contribution >= 4 is 41.5 Å². The lowest BCUT2D eigenvalue weighted by Crippen LogP contribution is -2.55. The van der Waals surface area contributed by atoms with E-state index in [1.807, 2.05) is 12.1 Å². The van der Waals surface area contributed by atoms with Gasteiger partial charge in [0.2, 0.25) is 23.6 Å². The van der Waals surface area contributed by atoms with Crippen molar-refractivity contribution in [1.29, 1.82) is 0 Å². The Balaban J connectivity index is 0.00000162. The molecule has 4 bridgehead atoms. The number of rotatable bonds is 21. The number of likely N-dealkylation sites (N-methyl/N-ethyl adjacent to an activating group) is 1. The Hall–Kier alpha value is -7.68. The van der Waals surface area contributed by atoms with Crippen molar-refractivity contribution in [2.24, 2.45) is 0 Å². The minimum Gasteiger partial charge on any atom is -0.542 e. The van der Waals surface area contributed by atoms with E-state index in [4.69, 9.17) is 9.90 Å². The summed E-state index contributed by atoms with van der Waals surface area (Å²) in [7, 11) is 1.36. The van der Waals surface area contributed by atoms with E-state index in [-0.39, 0.29) is 65.3 Å². The molecule has 0 saturated heterocycles. The highest BCUT2D eigenvalue weighted by atomic mass is 19.4. The maximum absolute atomic E-state index is 14.4. The number of halogens is 3. The van der Waals surface area contributed by atoms with Gasteiger partial charge in [0, 0.05) is 37.6 Å². The first kappa shape index (κ1) is 59.9. The predicted molar refractivity (Wildman–Crippen MR) is 268 cm³/mol. The summed E-state index contributed by atoms with van der Waals surface area (Å²) in [5, 5.41) is 61.9. The number of phenols is 3. The van der Waals surface area contributed by atoms with Crippen molar-refractivity contribution in [3.63, 3.8) is 0 Å². The number of phenolic OH excluding ortho intramolecular Hbond substituents is 3. The van der Waals surface area contributed by atoms with E-state index in [0.29, 0.717) is 24.9 Å². The molecule has 5 amide bonds. The Bertz CT molecular complexity index is 2630. The molecule has 4 atom stereocenters. The number of carboxylic acids is 2. The lowest BCUT2D eigenvalue weighted by Gasteiger charge is -2.32. The van der Waals surface area contributed by atoms with Crippen LogP contribution >= 0.6 is 0 Å². The fraction of sp³-hybridized carbons (Fsp3) is 0.426. The van der Waals surface area contributed by atoms with E-state index in [2.05, 4.69) is 46.1 Å². The van der Waals surface area contributed by atoms with Crippen LogP contribution in [0.15, 0.2) is 78.9 Å². The van der Waals surface area contributed by atoms with Gasteiger partial charge < -0.3 is 62.2 Å². The number of benzene rings is 4. The van der Waals surface area contributed by atoms with Gasteiger partial charge in [-0.25, -0.2) is 4.79 Å². The summed E-state index contributed by atoms with van der Waals surface area (Å²) >= 11 is 0. The molecule has 0 radical (unpaired) electrons. The van der Waals surface area contributed by atoms with Crippen LogP contribution in [0.3, 0.4) is 0 Å². The number of hydrogen-bond donors (Lipinski definition) is 9. The number of alkyl halides is 3. The highest BCUT2D eigenvalue weighted by Gasteiger charge is 2.36. The number of nitrogens with one attached hydrogen (secondary N) is 4. The summed E-state index contributed by atoms with van der Waals surface area (Å²) in [5.74, 6) is -8.54. The van der Waals surface area contributed by atoms with Crippen molar-refractivity contribution in [2.75, 3.05) is 20.1 Å². The van der Waals surface area contributed by atoms with Gasteiger partial charge in [-0.15, -0.1) is 0 Å². The quantitative estimate of drug-likeness (QED) is 0.0519. The molecule has 75 heavy (non-hydrogen) atoms. The molecule has 0 aromatic heterocycles. The molecule has 0 saturated carbocycles. The van der Waals surface area contributed by atoms with Crippen molar-refractivity contribution in [3.8, 4) is 39.5 Å². The smallest absolute Gasteiger partial charge is 0.430 e. The number of aliphatic carboxylic acids is 2. The monoisotopic (exact) mass is 1050 g/mol. The zero-order valence-corrected chi connectivity index (χ0v) is 42.3. The molecule has 1 aliphatic rings. The number of carbonyl (C=O) groups excluding carboxylic acids is 6. The van der Waals surface area contributed by atoms with Gasteiger partial charge in [-0.2, -0.15) is 13.2 Å². The maximum atomic E-state index is 14.4. The molecule has 0 fully saturated rings. The highest BCUT2D eigenvalue weighted by Crippen LogP contribution is 2.39. The van der Waals surface area contributed by atoms with Crippen LogP contribution < -0.4 is 32.1 Å². The summed E-state index contributed by atoms with van der Waals surface area (Å²) < 4.78 is 31.5. The highest BCUT2D eigenvalue weighted by molar-refractivity contribution is 5.98. The molecule has 5 rings (SSSR count). The fourth-order valence-electron chi connectivity index (χ4n) is 8.37. The number of amides is 5. The second-order valence-electron chi connectivity index (χ2n) is 18.4. The molecule has 0 spiro atoms. The fourth-order valence-corrected chi connectivity index (χ4v) is 8.37. The number of aromatic hydroxyl groups is 3. The van der Waals surface area contributed by atoms with Gasteiger partial charge in [0.05, 0.1) is 12.1 Å². The predicted octanol–water partition coefficient (Wildman–Crippen LogP) is 4.58. The number of aryl methyl sites for hydroxylation is 1. The van der Waals surface area contributed by atoms with Crippen molar-refractivity contribution in [2.45, 2.75) is 128 Å². The number of nitrogens with zero attached hydrogens (tertiary/aromatic N) is 1. The molecule has 21 heteroatoms. The van der Waals surface area contributed by atoms with E-state index < -0.39 is 71.8 Å². The number of fused-ring (bicyclic) bond motifs is 5. The van der Waals surface area contributed by atoms with Crippen molar-refractivity contribution in [3.05, 3.63) is 101 Å². The zero-order valence-electron chi connectivity index (χ0n) is 42.3. The number of hydrogen-bond acceptors (Lipinski definition) is 11. The second-order valence-corrected chi connectivity index (χ2v) is 18.4. The minimum atomic E-state index is -5.19. The summed E-state index contributed by atoms with van der Waals surface area (Å²) in [5.41, 5.74) is 7.61. The van der Waals surface area contributed by atoms with Crippen LogP contribution in [0.1, 0.15) is 118 Å². The first-order chi connectivity index (χ1) is 35.6. The van der Waals surface area contributed by atoms with Crippen molar-refractivity contribution < 1.29 is 78.0 Å². The van der Waals surface area contributed by atoms with Gasteiger partial charge in [-0.3, -0.25) is 24.0 Å². The molecule has 4 aromatic rings. The minimum absolute atomic E-state index is 0.0304. The Kier molecular flexibility index (Phi) is 22.9. The first-order valence-corrected chi connectivity index (χ1v) is 24.9. The topological polar surface area (TPSA) is 302 Å². The lowest BCUT2D eigenvalue weighted by atomic mass is 9.93. The van der Waals surface area contributed by atoms with Crippen LogP contribution in [-0.2, 0) is 41.6 Å². The second kappa shape index (κ2) is 28.7. The molecular formula is C54H67F3N6O12. The van der Waals surface area contributed by atoms with Crippen LogP contribution in [-0.4, -0.2) is 111 Å². The molecule has 18 nitrogen and oxygen atoms in total. The van der Waals surface area contributed by atoms with Gasteiger partial charge in [-0.1, -0.05) is 87.9 Å². The molecule has 1 heterocycles.